The van der Waals surface area contributed by atoms with Gasteiger partial charge in [-0.2, -0.15) is 0 Å². The number of hydrogen-bond donors (Lipinski definition) is 0. The van der Waals surface area contributed by atoms with E-state index in [0.717, 1.165) is 23.2 Å². The van der Waals surface area contributed by atoms with Crippen LogP contribution in [0.3, 0.4) is 0 Å². The molecule has 0 saturated heterocycles. The second-order valence-electron chi connectivity index (χ2n) is 4.12. The third-order valence-corrected chi connectivity index (χ3v) is 3.15. The second kappa shape index (κ2) is 3.02. The van der Waals surface area contributed by atoms with Crippen LogP contribution in [-0.4, -0.2) is 6.61 Å². The molecule has 0 aliphatic carbocycles. The molecule has 1 aliphatic heterocycles. The summed E-state index contributed by atoms with van der Waals surface area (Å²) in [4.78, 5) is 0. The SMILES string of the molecule is CC1(C)CCOc2cc(Br)ccc21. The number of fused-ring (bicyclic) bond motifs is 1. The summed E-state index contributed by atoms with van der Waals surface area (Å²) in [5.41, 5.74) is 1.58. The molecule has 2 heteroatoms. The van der Waals surface area contributed by atoms with Gasteiger partial charge in [0.1, 0.15) is 5.75 Å². The van der Waals surface area contributed by atoms with E-state index in [4.69, 9.17) is 4.74 Å². The van der Waals surface area contributed by atoms with Gasteiger partial charge in [-0.1, -0.05) is 35.8 Å². The van der Waals surface area contributed by atoms with E-state index in [1.54, 1.807) is 0 Å². The fraction of sp³-hybridized carbons (Fsp3) is 0.455. The molecule has 0 fully saturated rings. The minimum atomic E-state index is 0.258. The minimum absolute atomic E-state index is 0.258. The van der Waals surface area contributed by atoms with Crippen molar-refractivity contribution in [3.63, 3.8) is 0 Å². The van der Waals surface area contributed by atoms with E-state index < -0.39 is 0 Å². The lowest BCUT2D eigenvalue weighted by Gasteiger charge is -2.32. The van der Waals surface area contributed by atoms with Gasteiger partial charge in [-0.05, 0) is 29.5 Å². The van der Waals surface area contributed by atoms with Gasteiger partial charge < -0.3 is 4.74 Å². The van der Waals surface area contributed by atoms with E-state index >= 15 is 0 Å². The first-order valence-corrected chi connectivity index (χ1v) is 5.32. The largest absolute Gasteiger partial charge is 0.493 e. The van der Waals surface area contributed by atoms with Crippen molar-refractivity contribution in [3.8, 4) is 5.75 Å². The summed E-state index contributed by atoms with van der Waals surface area (Å²) >= 11 is 3.45. The van der Waals surface area contributed by atoms with Crippen LogP contribution < -0.4 is 4.74 Å². The van der Waals surface area contributed by atoms with Gasteiger partial charge >= 0.3 is 0 Å². The smallest absolute Gasteiger partial charge is 0.124 e. The Hall–Kier alpha value is -0.500. The quantitative estimate of drug-likeness (QED) is 0.675. The van der Waals surface area contributed by atoms with Gasteiger partial charge in [0.15, 0.2) is 0 Å². The van der Waals surface area contributed by atoms with Crippen molar-refractivity contribution in [2.24, 2.45) is 0 Å². The lowest BCUT2D eigenvalue weighted by atomic mass is 9.80. The van der Waals surface area contributed by atoms with Crippen LogP contribution in [0.15, 0.2) is 22.7 Å². The molecule has 1 nitrogen and oxygen atoms in total. The van der Waals surface area contributed by atoms with E-state index in [2.05, 4.69) is 48.0 Å². The summed E-state index contributed by atoms with van der Waals surface area (Å²) in [6.45, 7) is 5.36. The van der Waals surface area contributed by atoms with Gasteiger partial charge in [0.05, 0.1) is 6.61 Å². The molecule has 1 aromatic rings. The molecule has 0 aromatic heterocycles. The summed E-state index contributed by atoms with van der Waals surface area (Å²) in [6.07, 6.45) is 1.10. The Kier molecular flexibility index (Phi) is 2.11. The first-order valence-electron chi connectivity index (χ1n) is 4.52. The molecule has 0 N–H and O–H groups in total. The molecule has 13 heavy (non-hydrogen) atoms. The molecule has 0 bridgehead atoms. The summed E-state index contributed by atoms with van der Waals surface area (Å²) in [5, 5.41) is 0. The van der Waals surface area contributed by atoms with Crippen LogP contribution in [-0.2, 0) is 5.41 Å². The number of halogens is 1. The molecule has 0 amide bonds. The van der Waals surface area contributed by atoms with E-state index in [-0.39, 0.29) is 5.41 Å². The molecule has 1 heterocycles. The van der Waals surface area contributed by atoms with Crippen LogP contribution in [0.25, 0.3) is 0 Å². The Labute approximate surface area is 87.2 Å². The van der Waals surface area contributed by atoms with Crippen LogP contribution >= 0.6 is 15.9 Å². The highest BCUT2D eigenvalue weighted by molar-refractivity contribution is 9.10. The Bertz CT molecular complexity index is 331. The maximum atomic E-state index is 5.61. The predicted molar refractivity (Wildman–Crippen MR) is 57.3 cm³/mol. The maximum Gasteiger partial charge on any atom is 0.124 e. The predicted octanol–water partition coefficient (Wildman–Crippen LogP) is 3.51. The molecule has 70 valence electrons. The Morgan fingerprint density at radius 1 is 1.38 bits per heavy atom. The highest BCUT2D eigenvalue weighted by Crippen LogP contribution is 2.39. The lowest BCUT2D eigenvalue weighted by Crippen LogP contribution is -2.26. The number of benzene rings is 1. The minimum Gasteiger partial charge on any atom is -0.493 e. The van der Waals surface area contributed by atoms with Crippen molar-refractivity contribution >= 4 is 15.9 Å². The Balaban J connectivity index is 2.53. The molecule has 0 spiro atoms. The number of ether oxygens (including phenoxy) is 1. The molecule has 2 rings (SSSR count). The summed E-state index contributed by atoms with van der Waals surface area (Å²) < 4.78 is 6.70. The van der Waals surface area contributed by atoms with E-state index in [0.29, 0.717) is 0 Å². The van der Waals surface area contributed by atoms with Crippen LogP contribution in [0.1, 0.15) is 25.8 Å². The molecule has 0 radical (unpaired) electrons. The van der Waals surface area contributed by atoms with E-state index in [1.165, 1.54) is 5.56 Å². The molecule has 0 unspecified atom stereocenters. The van der Waals surface area contributed by atoms with E-state index in [1.807, 2.05) is 0 Å². The van der Waals surface area contributed by atoms with Crippen molar-refractivity contribution in [1.82, 2.24) is 0 Å². The van der Waals surface area contributed by atoms with Gasteiger partial charge in [0, 0.05) is 4.47 Å². The third-order valence-electron chi connectivity index (χ3n) is 2.66. The average molecular weight is 241 g/mol. The Morgan fingerprint density at radius 3 is 2.92 bits per heavy atom. The maximum absolute atomic E-state index is 5.61. The molecule has 0 saturated carbocycles. The standard InChI is InChI=1S/C11H13BrO/c1-11(2)5-6-13-10-7-8(12)3-4-9(10)11/h3-4,7H,5-6H2,1-2H3. The third kappa shape index (κ3) is 1.60. The highest BCUT2D eigenvalue weighted by atomic mass is 79.9. The number of hydrogen-bond acceptors (Lipinski definition) is 1. The fourth-order valence-electron chi connectivity index (χ4n) is 1.73. The molecule has 1 aromatic carbocycles. The molecular formula is C11H13BrO. The van der Waals surface area contributed by atoms with Crippen LogP contribution in [0.5, 0.6) is 5.75 Å². The zero-order valence-corrected chi connectivity index (χ0v) is 9.52. The Morgan fingerprint density at radius 2 is 2.15 bits per heavy atom. The monoisotopic (exact) mass is 240 g/mol. The van der Waals surface area contributed by atoms with Crippen LogP contribution in [0.4, 0.5) is 0 Å². The first kappa shape index (κ1) is 9.07. The van der Waals surface area contributed by atoms with Crippen molar-refractivity contribution in [2.45, 2.75) is 25.7 Å². The molecular weight excluding hydrogens is 228 g/mol. The average Bonchev–Trinajstić information content (AvgIpc) is 2.02. The van der Waals surface area contributed by atoms with Crippen molar-refractivity contribution in [3.05, 3.63) is 28.2 Å². The van der Waals surface area contributed by atoms with Gasteiger partial charge in [0.25, 0.3) is 0 Å². The lowest BCUT2D eigenvalue weighted by molar-refractivity contribution is 0.234. The van der Waals surface area contributed by atoms with Crippen molar-refractivity contribution in [2.75, 3.05) is 6.61 Å². The zero-order valence-electron chi connectivity index (χ0n) is 7.93. The van der Waals surface area contributed by atoms with E-state index in [9.17, 15) is 0 Å². The highest BCUT2D eigenvalue weighted by Gasteiger charge is 2.28. The zero-order chi connectivity index (χ0) is 9.47. The first-order chi connectivity index (χ1) is 6.09. The fourth-order valence-corrected chi connectivity index (χ4v) is 2.07. The summed E-state index contributed by atoms with van der Waals surface area (Å²) in [7, 11) is 0. The molecule has 1 aliphatic rings. The molecule has 0 atom stereocenters. The summed E-state index contributed by atoms with van der Waals surface area (Å²) in [5.74, 6) is 1.03. The topological polar surface area (TPSA) is 9.23 Å². The van der Waals surface area contributed by atoms with Crippen LogP contribution in [0, 0.1) is 0 Å². The normalized spacial score (nSPS) is 19.0. The second-order valence-corrected chi connectivity index (χ2v) is 5.04. The van der Waals surface area contributed by atoms with Gasteiger partial charge in [-0.15, -0.1) is 0 Å². The summed E-state index contributed by atoms with van der Waals surface area (Å²) in [6, 6.07) is 6.28. The van der Waals surface area contributed by atoms with Crippen LogP contribution in [0.2, 0.25) is 0 Å². The van der Waals surface area contributed by atoms with Crippen molar-refractivity contribution in [1.29, 1.82) is 0 Å². The van der Waals surface area contributed by atoms with Gasteiger partial charge in [-0.25, -0.2) is 0 Å². The van der Waals surface area contributed by atoms with Gasteiger partial charge in [0.2, 0.25) is 0 Å². The van der Waals surface area contributed by atoms with Crippen molar-refractivity contribution < 1.29 is 4.74 Å². The van der Waals surface area contributed by atoms with Gasteiger partial charge in [-0.3, -0.25) is 0 Å². The number of rotatable bonds is 0.